The SMILES string of the molecule is CCOC(=O)C1=C(C(C=CC(=O)O)SC)NC(C)=C(C(=O)OC)C1C1CCCCC1. The van der Waals surface area contributed by atoms with E-state index in [1.54, 1.807) is 19.9 Å². The van der Waals surface area contributed by atoms with E-state index in [-0.39, 0.29) is 12.5 Å². The Kier molecular flexibility index (Phi) is 9.02. The predicted molar refractivity (Wildman–Crippen MR) is 116 cm³/mol. The van der Waals surface area contributed by atoms with E-state index in [1.807, 2.05) is 6.26 Å². The maximum absolute atomic E-state index is 13.1. The molecule has 0 saturated heterocycles. The van der Waals surface area contributed by atoms with Gasteiger partial charge in [0, 0.05) is 23.4 Å². The minimum Gasteiger partial charge on any atom is -0.478 e. The summed E-state index contributed by atoms with van der Waals surface area (Å²) in [4.78, 5) is 36.9. The van der Waals surface area contributed by atoms with Crippen molar-refractivity contribution in [2.24, 2.45) is 11.8 Å². The van der Waals surface area contributed by atoms with Crippen LogP contribution in [0.25, 0.3) is 0 Å². The normalized spacial score (nSPS) is 21.4. The molecule has 2 aliphatic rings. The van der Waals surface area contributed by atoms with Gasteiger partial charge in [-0.15, -0.1) is 0 Å². The summed E-state index contributed by atoms with van der Waals surface area (Å²) in [6.45, 7) is 3.74. The molecule has 1 saturated carbocycles. The largest absolute Gasteiger partial charge is 0.478 e. The molecule has 30 heavy (non-hydrogen) atoms. The summed E-state index contributed by atoms with van der Waals surface area (Å²) in [6, 6.07) is 0. The number of allylic oxidation sites excluding steroid dienone is 1. The summed E-state index contributed by atoms with van der Waals surface area (Å²) in [7, 11) is 1.34. The highest BCUT2D eigenvalue weighted by Gasteiger charge is 2.43. The number of carbonyl (C=O) groups excluding carboxylic acids is 2. The Morgan fingerprint density at radius 3 is 2.40 bits per heavy atom. The Hall–Kier alpha value is -2.22. The molecular formula is C22H31NO6S. The summed E-state index contributed by atoms with van der Waals surface area (Å²) >= 11 is 1.41. The van der Waals surface area contributed by atoms with Crippen LogP contribution in [0.3, 0.4) is 0 Å². The third-order valence-electron chi connectivity index (χ3n) is 5.61. The molecule has 1 aliphatic carbocycles. The molecule has 1 aliphatic heterocycles. The molecule has 0 bridgehead atoms. The molecule has 8 heteroatoms. The molecule has 0 amide bonds. The number of esters is 2. The third kappa shape index (κ3) is 5.47. The monoisotopic (exact) mass is 437 g/mol. The van der Waals surface area contributed by atoms with Gasteiger partial charge in [-0.3, -0.25) is 0 Å². The quantitative estimate of drug-likeness (QED) is 0.440. The Labute approximate surface area is 182 Å². The summed E-state index contributed by atoms with van der Waals surface area (Å²) in [5.41, 5.74) is 2.07. The van der Waals surface area contributed by atoms with Crippen LogP contribution in [0.2, 0.25) is 0 Å². The molecule has 1 heterocycles. The lowest BCUT2D eigenvalue weighted by molar-refractivity contribution is -0.140. The van der Waals surface area contributed by atoms with Crippen molar-refractivity contribution in [3.8, 4) is 0 Å². The van der Waals surface area contributed by atoms with Gasteiger partial charge in [-0.05, 0) is 38.9 Å². The fourth-order valence-electron chi connectivity index (χ4n) is 4.34. The number of carboxylic acids is 1. The van der Waals surface area contributed by atoms with E-state index in [4.69, 9.17) is 14.6 Å². The van der Waals surface area contributed by atoms with Crippen molar-refractivity contribution in [2.75, 3.05) is 20.0 Å². The highest BCUT2D eigenvalue weighted by atomic mass is 32.2. The molecule has 0 aromatic rings. The lowest BCUT2D eigenvalue weighted by Crippen LogP contribution is -2.40. The van der Waals surface area contributed by atoms with E-state index in [2.05, 4.69) is 5.32 Å². The van der Waals surface area contributed by atoms with Crippen molar-refractivity contribution in [2.45, 2.75) is 51.2 Å². The molecule has 2 N–H and O–H groups in total. The maximum atomic E-state index is 13.1. The number of aliphatic carboxylic acids is 1. The van der Waals surface area contributed by atoms with Crippen LogP contribution < -0.4 is 5.32 Å². The zero-order chi connectivity index (χ0) is 22.3. The molecule has 2 atom stereocenters. The van der Waals surface area contributed by atoms with E-state index < -0.39 is 29.1 Å². The van der Waals surface area contributed by atoms with Gasteiger partial charge in [0.05, 0.1) is 30.1 Å². The van der Waals surface area contributed by atoms with Crippen LogP contribution in [0.15, 0.2) is 34.7 Å². The zero-order valence-electron chi connectivity index (χ0n) is 18.0. The Morgan fingerprint density at radius 2 is 1.87 bits per heavy atom. The molecular weight excluding hydrogens is 406 g/mol. The van der Waals surface area contributed by atoms with Gasteiger partial charge in [-0.25, -0.2) is 14.4 Å². The number of carboxylic acid groups (broad SMARTS) is 1. The van der Waals surface area contributed by atoms with Crippen LogP contribution in [0.5, 0.6) is 0 Å². The lowest BCUT2D eigenvalue weighted by Gasteiger charge is -2.38. The lowest BCUT2D eigenvalue weighted by atomic mass is 9.70. The molecule has 7 nitrogen and oxygen atoms in total. The summed E-state index contributed by atoms with van der Waals surface area (Å²) < 4.78 is 10.5. The third-order valence-corrected chi connectivity index (χ3v) is 6.51. The van der Waals surface area contributed by atoms with Crippen molar-refractivity contribution in [3.63, 3.8) is 0 Å². The van der Waals surface area contributed by atoms with Gasteiger partial charge in [-0.2, -0.15) is 11.8 Å². The first kappa shape index (κ1) is 24.1. The molecule has 0 radical (unpaired) electrons. The average molecular weight is 438 g/mol. The van der Waals surface area contributed by atoms with E-state index in [0.717, 1.165) is 38.2 Å². The molecule has 166 valence electrons. The van der Waals surface area contributed by atoms with Gasteiger partial charge in [0.15, 0.2) is 0 Å². The van der Waals surface area contributed by atoms with Gasteiger partial charge in [-0.1, -0.05) is 25.3 Å². The molecule has 2 unspecified atom stereocenters. The second kappa shape index (κ2) is 11.2. The van der Waals surface area contributed by atoms with Crippen LogP contribution in [-0.2, 0) is 23.9 Å². The Morgan fingerprint density at radius 1 is 1.20 bits per heavy atom. The van der Waals surface area contributed by atoms with Crippen LogP contribution in [0.1, 0.15) is 46.0 Å². The van der Waals surface area contributed by atoms with E-state index in [1.165, 1.54) is 18.9 Å². The fraction of sp³-hybridized carbons (Fsp3) is 0.591. The average Bonchev–Trinajstić information content (AvgIpc) is 2.73. The number of rotatable bonds is 8. The number of nitrogens with one attached hydrogen (secondary N) is 1. The Balaban J connectivity index is 2.67. The first-order valence-corrected chi connectivity index (χ1v) is 11.6. The highest BCUT2D eigenvalue weighted by Crippen LogP contribution is 2.44. The predicted octanol–water partition coefficient (Wildman–Crippen LogP) is 3.42. The fourth-order valence-corrected chi connectivity index (χ4v) is 5.00. The van der Waals surface area contributed by atoms with E-state index in [0.29, 0.717) is 22.5 Å². The number of hydrogen-bond acceptors (Lipinski definition) is 7. The second-order valence-corrected chi connectivity index (χ2v) is 8.41. The molecule has 2 rings (SSSR count). The van der Waals surface area contributed by atoms with Crippen molar-refractivity contribution < 1.29 is 29.0 Å². The van der Waals surface area contributed by atoms with Gasteiger partial charge in [0.25, 0.3) is 0 Å². The van der Waals surface area contributed by atoms with Crippen molar-refractivity contribution in [3.05, 3.63) is 34.7 Å². The topological polar surface area (TPSA) is 102 Å². The van der Waals surface area contributed by atoms with E-state index in [9.17, 15) is 14.4 Å². The van der Waals surface area contributed by atoms with Crippen LogP contribution in [0, 0.1) is 11.8 Å². The number of methoxy groups -OCH3 is 1. The van der Waals surface area contributed by atoms with Crippen LogP contribution in [-0.4, -0.2) is 48.2 Å². The maximum Gasteiger partial charge on any atom is 0.336 e. The van der Waals surface area contributed by atoms with Gasteiger partial charge < -0.3 is 19.9 Å². The standard InChI is InChI=1S/C22H31NO6S/c1-5-29-22(27)19-18(14-9-7-6-8-10-14)17(21(26)28-3)13(2)23-20(19)15(30-4)11-12-16(24)25/h11-12,14-15,18,23H,5-10H2,1-4H3,(H,24,25). The molecule has 0 aromatic carbocycles. The van der Waals surface area contributed by atoms with Crippen molar-refractivity contribution >= 4 is 29.7 Å². The smallest absolute Gasteiger partial charge is 0.336 e. The van der Waals surface area contributed by atoms with Crippen molar-refractivity contribution in [1.29, 1.82) is 0 Å². The summed E-state index contributed by atoms with van der Waals surface area (Å²) in [5.74, 6) is -2.33. The van der Waals surface area contributed by atoms with Crippen LogP contribution in [0.4, 0.5) is 0 Å². The number of hydrogen-bond donors (Lipinski definition) is 2. The molecule has 1 fully saturated rings. The van der Waals surface area contributed by atoms with Crippen LogP contribution >= 0.6 is 11.8 Å². The first-order valence-electron chi connectivity index (χ1n) is 10.3. The number of dihydropyridines is 1. The number of carbonyl (C=O) groups is 3. The number of thioether (sulfide) groups is 1. The van der Waals surface area contributed by atoms with Gasteiger partial charge >= 0.3 is 17.9 Å². The molecule has 0 aromatic heterocycles. The number of ether oxygens (including phenoxy) is 2. The summed E-state index contributed by atoms with van der Waals surface area (Å²) in [5, 5.41) is 11.9. The first-order chi connectivity index (χ1) is 14.3. The minimum atomic E-state index is -1.06. The second-order valence-electron chi connectivity index (χ2n) is 7.43. The highest BCUT2D eigenvalue weighted by molar-refractivity contribution is 7.99. The van der Waals surface area contributed by atoms with Gasteiger partial charge in [0.2, 0.25) is 0 Å². The zero-order valence-corrected chi connectivity index (χ0v) is 18.8. The van der Waals surface area contributed by atoms with Crippen molar-refractivity contribution in [1.82, 2.24) is 5.32 Å². The van der Waals surface area contributed by atoms with E-state index >= 15 is 0 Å². The Bertz CT molecular complexity index is 764. The molecule has 0 spiro atoms. The summed E-state index contributed by atoms with van der Waals surface area (Å²) in [6.07, 6.45) is 9.49. The minimum absolute atomic E-state index is 0.116. The van der Waals surface area contributed by atoms with Gasteiger partial charge in [0.1, 0.15) is 0 Å².